The first-order valence-corrected chi connectivity index (χ1v) is 5.45. The predicted molar refractivity (Wildman–Crippen MR) is 70.1 cm³/mol. The van der Waals surface area contributed by atoms with Gasteiger partial charge in [-0.1, -0.05) is 30.8 Å². The molecule has 1 aromatic heterocycles. The monoisotopic (exact) mass is 221 g/mol. The zero-order valence-electron chi connectivity index (χ0n) is 9.26. The van der Waals surface area contributed by atoms with Gasteiger partial charge in [-0.25, -0.2) is 4.98 Å². The molecule has 2 nitrogen and oxygen atoms in total. The van der Waals surface area contributed by atoms with Crippen LogP contribution in [0.25, 0.3) is 21.8 Å². The molecule has 3 aromatic rings. The molecule has 0 aliphatic heterocycles. The van der Waals surface area contributed by atoms with Gasteiger partial charge in [0.1, 0.15) is 5.75 Å². The van der Waals surface area contributed by atoms with E-state index in [9.17, 15) is 0 Å². The lowest BCUT2D eigenvalue weighted by atomic mass is 10.1. The molecule has 0 atom stereocenters. The third-order valence-electron chi connectivity index (χ3n) is 2.74. The van der Waals surface area contributed by atoms with Crippen LogP contribution in [0.1, 0.15) is 0 Å². The van der Waals surface area contributed by atoms with Crippen molar-refractivity contribution >= 4 is 21.8 Å². The van der Waals surface area contributed by atoms with E-state index in [-0.39, 0.29) is 0 Å². The fourth-order valence-electron chi connectivity index (χ4n) is 2.01. The summed E-state index contributed by atoms with van der Waals surface area (Å²) in [6.07, 6.45) is 1.45. The number of para-hydroxylation sites is 2. The van der Waals surface area contributed by atoms with Gasteiger partial charge >= 0.3 is 0 Å². The lowest BCUT2D eigenvalue weighted by Crippen LogP contribution is -1.89. The Morgan fingerprint density at radius 2 is 1.41 bits per heavy atom. The Bertz CT molecular complexity index is 649. The Kier molecular flexibility index (Phi) is 2.26. The smallest absolute Gasteiger partial charge is 0.145 e. The fraction of sp³-hybridized carbons (Fsp3) is 0. The molecule has 0 saturated carbocycles. The summed E-state index contributed by atoms with van der Waals surface area (Å²) in [4.78, 5) is 4.61. The molecule has 3 rings (SSSR count). The Labute approximate surface area is 99.2 Å². The SMILES string of the molecule is C=COc1c2ccccc2nc2ccccc12. The average molecular weight is 221 g/mol. The van der Waals surface area contributed by atoms with Crippen molar-refractivity contribution in [3.63, 3.8) is 0 Å². The molecule has 0 amide bonds. The lowest BCUT2D eigenvalue weighted by Gasteiger charge is -2.08. The molecule has 0 N–H and O–H groups in total. The van der Waals surface area contributed by atoms with Gasteiger partial charge in [-0.3, -0.25) is 0 Å². The molecule has 2 heteroatoms. The Hall–Kier alpha value is -2.35. The summed E-state index contributed by atoms with van der Waals surface area (Å²) in [7, 11) is 0. The van der Waals surface area contributed by atoms with Crippen molar-refractivity contribution in [2.45, 2.75) is 0 Å². The summed E-state index contributed by atoms with van der Waals surface area (Å²) < 4.78 is 5.56. The molecule has 1 heterocycles. The Morgan fingerprint density at radius 3 is 1.94 bits per heavy atom. The minimum atomic E-state index is 0.821. The highest BCUT2D eigenvalue weighted by atomic mass is 16.5. The third kappa shape index (κ3) is 1.54. The van der Waals surface area contributed by atoms with Crippen molar-refractivity contribution in [3.05, 3.63) is 61.4 Å². The van der Waals surface area contributed by atoms with Crippen molar-refractivity contribution in [2.24, 2.45) is 0 Å². The van der Waals surface area contributed by atoms with Crippen LogP contribution in [0.4, 0.5) is 0 Å². The second-order valence-electron chi connectivity index (χ2n) is 3.76. The third-order valence-corrected chi connectivity index (χ3v) is 2.74. The van der Waals surface area contributed by atoms with E-state index in [4.69, 9.17) is 4.74 Å². The summed E-state index contributed by atoms with van der Waals surface area (Å²) in [6.45, 7) is 3.63. The van der Waals surface area contributed by atoms with E-state index in [1.807, 2.05) is 48.5 Å². The van der Waals surface area contributed by atoms with Crippen molar-refractivity contribution in [1.82, 2.24) is 4.98 Å². The van der Waals surface area contributed by atoms with Crippen LogP contribution in [0.5, 0.6) is 5.75 Å². The number of benzene rings is 2. The van der Waals surface area contributed by atoms with E-state index in [1.165, 1.54) is 6.26 Å². The number of aromatic nitrogens is 1. The average Bonchev–Trinajstić information content (AvgIpc) is 2.39. The number of hydrogen-bond donors (Lipinski definition) is 0. The first-order valence-electron chi connectivity index (χ1n) is 5.45. The maximum atomic E-state index is 5.56. The van der Waals surface area contributed by atoms with Crippen LogP contribution in [-0.2, 0) is 0 Å². The van der Waals surface area contributed by atoms with Gasteiger partial charge in [0.05, 0.1) is 17.3 Å². The number of pyridine rings is 1. The molecule has 0 unspecified atom stereocenters. The van der Waals surface area contributed by atoms with Crippen molar-refractivity contribution in [1.29, 1.82) is 0 Å². The molecular formula is C15H11NO. The first kappa shape index (κ1) is 9.85. The normalized spacial score (nSPS) is 10.6. The maximum absolute atomic E-state index is 5.56. The Morgan fingerprint density at radius 1 is 0.882 bits per heavy atom. The highest BCUT2D eigenvalue weighted by Gasteiger charge is 2.08. The van der Waals surface area contributed by atoms with Gasteiger partial charge in [-0.05, 0) is 24.3 Å². The van der Waals surface area contributed by atoms with Crippen molar-refractivity contribution in [3.8, 4) is 5.75 Å². The number of hydrogen-bond acceptors (Lipinski definition) is 2. The summed E-state index contributed by atoms with van der Waals surface area (Å²) >= 11 is 0. The van der Waals surface area contributed by atoms with Crippen LogP contribution in [0, 0.1) is 0 Å². The van der Waals surface area contributed by atoms with Gasteiger partial charge in [-0.15, -0.1) is 0 Å². The summed E-state index contributed by atoms with van der Waals surface area (Å²) in [6, 6.07) is 15.9. The van der Waals surface area contributed by atoms with E-state index >= 15 is 0 Å². The van der Waals surface area contributed by atoms with Gasteiger partial charge in [0, 0.05) is 10.8 Å². The van der Waals surface area contributed by atoms with E-state index in [2.05, 4.69) is 11.6 Å². The quantitative estimate of drug-likeness (QED) is 0.483. The summed E-state index contributed by atoms with van der Waals surface area (Å²) in [5.41, 5.74) is 1.87. The standard InChI is InChI=1S/C15H11NO/c1-2-17-15-11-7-3-5-9-13(11)16-14-10-6-4-8-12(14)15/h2-10H,1H2. The highest BCUT2D eigenvalue weighted by molar-refractivity contribution is 6.00. The second kappa shape index (κ2) is 3.91. The van der Waals surface area contributed by atoms with Gasteiger partial charge < -0.3 is 4.74 Å². The molecule has 82 valence electrons. The van der Waals surface area contributed by atoms with Gasteiger partial charge in [0.25, 0.3) is 0 Å². The van der Waals surface area contributed by atoms with Crippen LogP contribution < -0.4 is 4.74 Å². The molecule has 0 aliphatic carbocycles. The van der Waals surface area contributed by atoms with Crippen LogP contribution in [0.15, 0.2) is 61.4 Å². The molecule has 0 aliphatic rings. The van der Waals surface area contributed by atoms with Gasteiger partial charge in [0.15, 0.2) is 0 Å². The Balaban J connectivity index is 2.51. The minimum absolute atomic E-state index is 0.821. The van der Waals surface area contributed by atoms with E-state index in [1.54, 1.807) is 0 Å². The molecule has 0 radical (unpaired) electrons. The highest BCUT2D eigenvalue weighted by Crippen LogP contribution is 2.32. The van der Waals surface area contributed by atoms with Crippen LogP contribution in [-0.4, -0.2) is 4.98 Å². The van der Waals surface area contributed by atoms with E-state index in [0.717, 1.165) is 27.6 Å². The van der Waals surface area contributed by atoms with E-state index < -0.39 is 0 Å². The maximum Gasteiger partial charge on any atom is 0.145 e. The molecule has 0 bridgehead atoms. The van der Waals surface area contributed by atoms with Crippen molar-refractivity contribution in [2.75, 3.05) is 0 Å². The van der Waals surface area contributed by atoms with Crippen LogP contribution in [0.2, 0.25) is 0 Å². The first-order chi connectivity index (χ1) is 8.40. The largest absolute Gasteiger partial charge is 0.464 e. The molecule has 0 spiro atoms. The molecule has 0 fully saturated rings. The zero-order valence-corrected chi connectivity index (χ0v) is 9.26. The topological polar surface area (TPSA) is 22.1 Å². The molecule has 2 aromatic carbocycles. The second-order valence-corrected chi connectivity index (χ2v) is 3.76. The molecule has 0 saturated heterocycles. The number of fused-ring (bicyclic) bond motifs is 2. The molecule has 17 heavy (non-hydrogen) atoms. The van der Waals surface area contributed by atoms with Gasteiger partial charge in [0.2, 0.25) is 0 Å². The number of rotatable bonds is 2. The van der Waals surface area contributed by atoms with Crippen LogP contribution >= 0.6 is 0 Å². The minimum Gasteiger partial charge on any atom is -0.464 e. The number of ether oxygens (including phenoxy) is 1. The van der Waals surface area contributed by atoms with Crippen LogP contribution in [0.3, 0.4) is 0 Å². The predicted octanol–water partition coefficient (Wildman–Crippen LogP) is 3.91. The van der Waals surface area contributed by atoms with E-state index in [0.29, 0.717) is 0 Å². The summed E-state index contributed by atoms with van der Waals surface area (Å²) in [5.74, 6) is 0.821. The summed E-state index contributed by atoms with van der Waals surface area (Å²) in [5, 5.41) is 2.01. The van der Waals surface area contributed by atoms with Crippen molar-refractivity contribution < 1.29 is 4.74 Å². The molecular weight excluding hydrogens is 210 g/mol. The zero-order chi connectivity index (χ0) is 11.7. The lowest BCUT2D eigenvalue weighted by molar-refractivity contribution is 0.494. The number of nitrogens with zero attached hydrogens (tertiary/aromatic N) is 1. The van der Waals surface area contributed by atoms with Gasteiger partial charge in [-0.2, -0.15) is 0 Å². The fourth-order valence-corrected chi connectivity index (χ4v) is 2.01.